The molecule has 0 spiro atoms. The average molecular weight is 223 g/mol. The van der Waals surface area contributed by atoms with Gasteiger partial charge in [-0.1, -0.05) is 18.2 Å². The number of rotatable bonds is 0. The van der Waals surface area contributed by atoms with Crippen molar-refractivity contribution in [3.63, 3.8) is 0 Å². The minimum atomic E-state index is 0.331. The monoisotopic (exact) mass is 223 g/mol. The highest BCUT2D eigenvalue weighted by molar-refractivity contribution is 6.01. The molecule has 0 bridgehead atoms. The van der Waals surface area contributed by atoms with Crippen LogP contribution in [0.15, 0.2) is 36.4 Å². The lowest BCUT2D eigenvalue weighted by Crippen LogP contribution is -1.88. The molecule has 0 fully saturated rings. The Bertz CT molecular complexity index is 732. The number of hydrogen-bond donors (Lipinski definition) is 1. The molecule has 0 aliphatic rings. The molecule has 0 amide bonds. The van der Waals surface area contributed by atoms with Crippen LogP contribution in [-0.4, -0.2) is 10.1 Å². The van der Waals surface area contributed by atoms with Gasteiger partial charge in [-0.3, -0.25) is 0 Å². The molecular weight excluding hydrogens is 210 g/mol. The summed E-state index contributed by atoms with van der Waals surface area (Å²) in [5, 5.41) is 12.0. The van der Waals surface area contributed by atoms with Crippen LogP contribution in [0.2, 0.25) is 0 Å². The number of para-hydroxylation sites is 1. The quantitative estimate of drug-likeness (QED) is 0.589. The fraction of sp³-hybridized carbons (Fsp3) is 0.133. The van der Waals surface area contributed by atoms with Crippen LogP contribution < -0.4 is 0 Å². The van der Waals surface area contributed by atoms with E-state index >= 15 is 0 Å². The largest absolute Gasteiger partial charge is 0.507 e. The highest BCUT2D eigenvalue weighted by Gasteiger charge is 2.09. The molecule has 0 atom stereocenters. The molecule has 2 heteroatoms. The van der Waals surface area contributed by atoms with E-state index in [1.807, 2.05) is 44.2 Å². The Morgan fingerprint density at radius 1 is 1.00 bits per heavy atom. The first kappa shape index (κ1) is 10.1. The summed E-state index contributed by atoms with van der Waals surface area (Å²) >= 11 is 0. The normalized spacial score (nSPS) is 11.2. The van der Waals surface area contributed by atoms with Gasteiger partial charge in [-0.25, -0.2) is 4.98 Å². The smallest absolute Gasteiger partial charge is 0.134 e. The van der Waals surface area contributed by atoms with Crippen molar-refractivity contribution in [3.05, 3.63) is 47.5 Å². The lowest BCUT2D eigenvalue weighted by Gasteiger charge is -2.08. The van der Waals surface area contributed by atoms with Gasteiger partial charge in [0.15, 0.2) is 0 Å². The summed E-state index contributed by atoms with van der Waals surface area (Å²) in [5.41, 5.74) is 3.96. The van der Waals surface area contributed by atoms with Crippen molar-refractivity contribution >= 4 is 21.8 Å². The molecule has 17 heavy (non-hydrogen) atoms. The summed E-state index contributed by atoms with van der Waals surface area (Å²) in [5.74, 6) is 0.331. The van der Waals surface area contributed by atoms with E-state index in [9.17, 15) is 5.11 Å². The van der Waals surface area contributed by atoms with Crippen molar-refractivity contribution < 1.29 is 5.11 Å². The van der Waals surface area contributed by atoms with Crippen LogP contribution in [0.3, 0.4) is 0 Å². The summed E-state index contributed by atoms with van der Waals surface area (Å²) in [4.78, 5) is 4.62. The lowest BCUT2D eigenvalue weighted by molar-refractivity contribution is 0.487. The second kappa shape index (κ2) is 3.45. The zero-order valence-electron chi connectivity index (χ0n) is 9.86. The maximum absolute atomic E-state index is 10.3. The van der Waals surface area contributed by atoms with Gasteiger partial charge in [0, 0.05) is 10.8 Å². The molecule has 0 aliphatic heterocycles. The third kappa shape index (κ3) is 1.45. The first-order valence-electron chi connectivity index (χ1n) is 5.65. The fourth-order valence-corrected chi connectivity index (χ4v) is 2.33. The first-order chi connectivity index (χ1) is 8.16. The summed E-state index contributed by atoms with van der Waals surface area (Å²) in [6.07, 6.45) is 0. The molecule has 1 heterocycles. The molecule has 84 valence electrons. The zero-order chi connectivity index (χ0) is 12.0. The summed E-state index contributed by atoms with van der Waals surface area (Å²) in [6, 6.07) is 11.7. The van der Waals surface area contributed by atoms with Crippen molar-refractivity contribution in [3.8, 4) is 5.75 Å². The summed E-state index contributed by atoms with van der Waals surface area (Å²) in [7, 11) is 0. The number of nitrogens with zero attached hydrogens (tertiary/aromatic N) is 1. The zero-order valence-corrected chi connectivity index (χ0v) is 9.86. The third-order valence-electron chi connectivity index (χ3n) is 3.09. The van der Waals surface area contributed by atoms with Gasteiger partial charge in [-0.2, -0.15) is 0 Å². The topological polar surface area (TPSA) is 33.1 Å². The van der Waals surface area contributed by atoms with Crippen molar-refractivity contribution in [2.45, 2.75) is 13.8 Å². The van der Waals surface area contributed by atoms with Crippen LogP contribution in [0.5, 0.6) is 5.75 Å². The minimum Gasteiger partial charge on any atom is -0.507 e. The van der Waals surface area contributed by atoms with Crippen molar-refractivity contribution in [2.75, 3.05) is 0 Å². The Labute approximate surface area is 99.5 Å². The van der Waals surface area contributed by atoms with Crippen LogP contribution in [-0.2, 0) is 0 Å². The molecule has 2 nitrogen and oxygen atoms in total. The van der Waals surface area contributed by atoms with Crippen LogP contribution in [0.4, 0.5) is 0 Å². The fourth-order valence-electron chi connectivity index (χ4n) is 2.33. The number of aryl methyl sites for hydroxylation is 2. The van der Waals surface area contributed by atoms with Gasteiger partial charge in [-0.15, -0.1) is 0 Å². The van der Waals surface area contributed by atoms with E-state index in [1.54, 1.807) is 0 Å². The number of benzene rings is 2. The SMILES string of the molecule is Cc1cc(C)c2nc3ccccc3c(O)c2c1. The highest BCUT2D eigenvalue weighted by atomic mass is 16.3. The molecule has 0 unspecified atom stereocenters. The molecule has 1 N–H and O–H groups in total. The second-order valence-electron chi connectivity index (χ2n) is 4.46. The first-order valence-corrected chi connectivity index (χ1v) is 5.65. The van der Waals surface area contributed by atoms with Crippen LogP contribution in [0, 0.1) is 13.8 Å². The lowest BCUT2D eigenvalue weighted by atomic mass is 10.0. The van der Waals surface area contributed by atoms with Gasteiger partial charge in [-0.05, 0) is 43.2 Å². The molecule has 0 radical (unpaired) electrons. The molecular formula is C15H13NO. The third-order valence-corrected chi connectivity index (χ3v) is 3.09. The van der Waals surface area contributed by atoms with Crippen LogP contribution in [0.1, 0.15) is 11.1 Å². The Balaban J connectivity index is 2.59. The number of hydrogen-bond acceptors (Lipinski definition) is 2. The van der Waals surface area contributed by atoms with E-state index < -0.39 is 0 Å². The summed E-state index contributed by atoms with van der Waals surface area (Å²) in [6.45, 7) is 4.05. The van der Waals surface area contributed by atoms with E-state index in [4.69, 9.17) is 0 Å². The molecule has 0 aliphatic carbocycles. The van der Waals surface area contributed by atoms with Gasteiger partial charge >= 0.3 is 0 Å². The van der Waals surface area contributed by atoms with E-state index in [2.05, 4.69) is 11.1 Å². The van der Waals surface area contributed by atoms with Gasteiger partial charge in [0.05, 0.1) is 11.0 Å². The van der Waals surface area contributed by atoms with E-state index in [1.165, 1.54) is 0 Å². The number of fused-ring (bicyclic) bond motifs is 2. The Morgan fingerprint density at radius 3 is 2.59 bits per heavy atom. The molecule has 0 saturated carbocycles. The molecule has 0 saturated heterocycles. The molecule has 1 aromatic heterocycles. The molecule has 3 aromatic rings. The standard InChI is InChI=1S/C15H13NO/c1-9-7-10(2)14-12(8-9)15(17)11-5-3-4-6-13(11)16-14/h3-8H,1-2H3,(H,16,17). The maximum atomic E-state index is 10.3. The highest BCUT2D eigenvalue weighted by Crippen LogP contribution is 2.33. The summed E-state index contributed by atoms with van der Waals surface area (Å²) < 4.78 is 0. The van der Waals surface area contributed by atoms with Gasteiger partial charge in [0.1, 0.15) is 5.75 Å². The molecule has 2 aromatic carbocycles. The van der Waals surface area contributed by atoms with E-state index in [0.717, 1.165) is 32.9 Å². The number of aromatic hydroxyl groups is 1. The average Bonchev–Trinajstić information content (AvgIpc) is 2.31. The van der Waals surface area contributed by atoms with Gasteiger partial charge in [0.25, 0.3) is 0 Å². The van der Waals surface area contributed by atoms with Crippen molar-refractivity contribution in [1.82, 2.24) is 4.98 Å². The Kier molecular flexibility index (Phi) is 2.05. The minimum absolute atomic E-state index is 0.331. The Hall–Kier alpha value is -2.09. The number of pyridine rings is 1. The maximum Gasteiger partial charge on any atom is 0.134 e. The van der Waals surface area contributed by atoms with Crippen LogP contribution >= 0.6 is 0 Å². The number of aromatic nitrogens is 1. The van der Waals surface area contributed by atoms with E-state index in [0.29, 0.717) is 5.75 Å². The second-order valence-corrected chi connectivity index (χ2v) is 4.46. The molecule has 3 rings (SSSR count). The Morgan fingerprint density at radius 2 is 1.76 bits per heavy atom. The van der Waals surface area contributed by atoms with Gasteiger partial charge < -0.3 is 5.11 Å². The van der Waals surface area contributed by atoms with Gasteiger partial charge in [0.2, 0.25) is 0 Å². The van der Waals surface area contributed by atoms with Crippen LogP contribution in [0.25, 0.3) is 21.8 Å². The predicted octanol–water partition coefficient (Wildman–Crippen LogP) is 3.71. The van der Waals surface area contributed by atoms with Crippen molar-refractivity contribution in [1.29, 1.82) is 0 Å². The van der Waals surface area contributed by atoms with E-state index in [-0.39, 0.29) is 0 Å². The van der Waals surface area contributed by atoms with Crippen molar-refractivity contribution in [2.24, 2.45) is 0 Å². The predicted molar refractivity (Wildman–Crippen MR) is 70.4 cm³/mol.